The smallest absolute Gasteiger partial charge is 0.0876 e. The third kappa shape index (κ3) is 3.17. The molecule has 0 aliphatic carbocycles. The summed E-state index contributed by atoms with van der Waals surface area (Å²) in [5, 5.41) is 5.23. The largest absolute Gasteiger partial charge is 0.154 e. The monoisotopic (exact) mass is 351 g/mol. The van der Waals surface area contributed by atoms with E-state index in [4.69, 9.17) is 0 Å². The van der Waals surface area contributed by atoms with E-state index in [0.717, 1.165) is 5.33 Å². The van der Waals surface area contributed by atoms with Crippen LogP contribution in [0.1, 0.15) is 5.56 Å². The lowest BCUT2D eigenvalue weighted by Crippen LogP contribution is -2.53. The van der Waals surface area contributed by atoms with Crippen LogP contribution in [0.4, 0.5) is 0 Å². The van der Waals surface area contributed by atoms with E-state index in [1.165, 1.54) is 21.1 Å². The predicted octanol–water partition coefficient (Wildman–Crippen LogP) is 3.10. The van der Waals surface area contributed by atoms with Gasteiger partial charge in [0, 0.05) is 5.33 Å². The Kier molecular flexibility index (Phi) is 4.68. The number of benzene rings is 3. The minimum absolute atomic E-state index is 0.900. The van der Waals surface area contributed by atoms with Crippen LogP contribution in [0, 0.1) is 0 Å². The fourth-order valence-electron chi connectivity index (χ4n) is 2.57. The Hall–Kier alpha value is -1.64. The van der Waals surface area contributed by atoms with Crippen LogP contribution in [0.2, 0.25) is 0 Å². The number of halogens is 1. The van der Waals surface area contributed by atoms with Crippen molar-refractivity contribution in [3.05, 3.63) is 90.5 Å². The second kappa shape index (κ2) is 6.88. The zero-order chi connectivity index (χ0) is 14.5. The first-order valence-electron chi connectivity index (χ1n) is 7.02. The first kappa shape index (κ1) is 14.3. The molecule has 0 saturated carbocycles. The van der Waals surface area contributed by atoms with E-state index >= 15 is 0 Å². The van der Waals surface area contributed by atoms with Crippen LogP contribution in [0.15, 0.2) is 84.9 Å². The summed E-state index contributed by atoms with van der Waals surface area (Å²) in [5.41, 5.74) is 1.39. The fraction of sp³-hybridized carbons (Fsp3) is 0.0526. The van der Waals surface area contributed by atoms with Gasteiger partial charge in [0.2, 0.25) is 0 Å². The van der Waals surface area contributed by atoms with Crippen molar-refractivity contribution in [3.8, 4) is 0 Å². The van der Waals surface area contributed by atoms with E-state index < -0.39 is 8.80 Å². The summed E-state index contributed by atoms with van der Waals surface area (Å²) in [6.07, 6.45) is 0. The zero-order valence-electron chi connectivity index (χ0n) is 11.7. The van der Waals surface area contributed by atoms with Crippen molar-refractivity contribution < 1.29 is 0 Å². The van der Waals surface area contributed by atoms with Crippen LogP contribution >= 0.6 is 15.9 Å². The van der Waals surface area contributed by atoms with Crippen molar-refractivity contribution in [3.63, 3.8) is 0 Å². The van der Waals surface area contributed by atoms with Gasteiger partial charge in [0.15, 0.2) is 8.80 Å². The molecule has 0 N–H and O–H groups in total. The summed E-state index contributed by atoms with van der Waals surface area (Å²) in [6.45, 7) is 0. The SMILES string of the molecule is BrCc1ccccc1[Si](c1ccccc1)c1ccccc1. The Morgan fingerprint density at radius 3 is 1.62 bits per heavy atom. The average molecular weight is 352 g/mol. The van der Waals surface area contributed by atoms with E-state index in [2.05, 4.69) is 101 Å². The molecule has 3 aromatic rings. The minimum Gasteiger partial charge on any atom is -0.0876 e. The van der Waals surface area contributed by atoms with Crippen molar-refractivity contribution in [1.29, 1.82) is 0 Å². The van der Waals surface area contributed by atoms with Gasteiger partial charge < -0.3 is 0 Å². The maximum Gasteiger partial charge on any atom is 0.154 e. The zero-order valence-corrected chi connectivity index (χ0v) is 14.3. The number of hydrogen-bond donors (Lipinski definition) is 0. The second-order valence-corrected chi connectivity index (χ2v) is 7.90. The van der Waals surface area contributed by atoms with Gasteiger partial charge in [0.25, 0.3) is 0 Å². The van der Waals surface area contributed by atoms with E-state index in [9.17, 15) is 0 Å². The minimum atomic E-state index is -0.949. The average Bonchev–Trinajstić information content (AvgIpc) is 2.58. The van der Waals surface area contributed by atoms with E-state index in [1.54, 1.807) is 0 Å². The topological polar surface area (TPSA) is 0 Å². The van der Waals surface area contributed by atoms with Crippen molar-refractivity contribution in [2.24, 2.45) is 0 Å². The van der Waals surface area contributed by atoms with E-state index in [-0.39, 0.29) is 0 Å². The molecular weight excluding hydrogens is 336 g/mol. The van der Waals surface area contributed by atoms with Gasteiger partial charge in [0.05, 0.1) is 0 Å². The summed E-state index contributed by atoms with van der Waals surface area (Å²) >= 11 is 3.64. The van der Waals surface area contributed by atoms with E-state index in [0.29, 0.717) is 0 Å². The van der Waals surface area contributed by atoms with Crippen LogP contribution in [0.5, 0.6) is 0 Å². The molecule has 3 rings (SSSR count). The molecule has 2 heteroatoms. The van der Waals surface area contributed by atoms with Crippen LogP contribution < -0.4 is 15.6 Å². The molecule has 0 amide bonds. The third-order valence-electron chi connectivity index (χ3n) is 3.56. The number of rotatable bonds is 4. The molecular formula is C19H16BrSi. The summed E-state index contributed by atoms with van der Waals surface area (Å²) < 4.78 is 0. The lowest BCUT2D eigenvalue weighted by Gasteiger charge is -2.19. The molecule has 0 nitrogen and oxygen atoms in total. The first-order chi connectivity index (χ1) is 10.4. The molecule has 0 spiro atoms. The molecule has 0 aliphatic heterocycles. The Morgan fingerprint density at radius 1 is 0.619 bits per heavy atom. The highest BCUT2D eigenvalue weighted by Gasteiger charge is 2.21. The van der Waals surface area contributed by atoms with Crippen molar-refractivity contribution in [2.45, 2.75) is 5.33 Å². The molecule has 103 valence electrons. The molecule has 0 aliphatic rings. The number of alkyl halides is 1. The highest BCUT2D eigenvalue weighted by molar-refractivity contribution is 9.08. The fourth-order valence-corrected chi connectivity index (χ4v) is 6.08. The Bertz CT molecular complexity index is 656. The first-order valence-corrected chi connectivity index (χ1v) is 9.64. The van der Waals surface area contributed by atoms with Gasteiger partial charge in [-0.3, -0.25) is 0 Å². The standard InChI is InChI=1S/C19H16BrSi/c20-15-16-9-7-8-14-19(16)21(17-10-3-1-4-11-17)18-12-5-2-6-13-18/h1-14H,15H2. The Balaban J connectivity index is 2.17. The maximum absolute atomic E-state index is 3.64. The lowest BCUT2D eigenvalue weighted by molar-refractivity contribution is 1.47. The molecule has 0 saturated heterocycles. The second-order valence-electron chi connectivity index (χ2n) is 4.90. The van der Waals surface area contributed by atoms with Crippen LogP contribution in [-0.2, 0) is 5.33 Å². The highest BCUT2D eigenvalue weighted by Crippen LogP contribution is 2.05. The van der Waals surface area contributed by atoms with Crippen LogP contribution in [0.25, 0.3) is 0 Å². The predicted molar refractivity (Wildman–Crippen MR) is 96.6 cm³/mol. The Labute approximate surface area is 136 Å². The summed E-state index contributed by atoms with van der Waals surface area (Å²) in [4.78, 5) is 0. The van der Waals surface area contributed by atoms with Gasteiger partial charge >= 0.3 is 0 Å². The molecule has 1 radical (unpaired) electrons. The molecule has 0 aromatic heterocycles. The summed E-state index contributed by atoms with van der Waals surface area (Å²) in [7, 11) is -0.949. The van der Waals surface area contributed by atoms with Crippen LogP contribution in [0.3, 0.4) is 0 Å². The van der Waals surface area contributed by atoms with Gasteiger partial charge in [-0.2, -0.15) is 0 Å². The molecule has 0 fully saturated rings. The van der Waals surface area contributed by atoms with Crippen LogP contribution in [-0.4, -0.2) is 8.80 Å². The normalized spacial score (nSPS) is 10.8. The molecule has 21 heavy (non-hydrogen) atoms. The molecule has 3 aromatic carbocycles. The van der Waals surface area contributed by atoms with Crippen molar-refractivity contribution in [1.82, 2.24) is 0 Å². The van der Waals surface area contributed by atoms with Crippen molar-refractivity contribution >= 4 is 40.3 Å². The Morgan fingerprint density at radius 2 is 1.10 bits per heavy atom. The highest BCUT2D eigenvalue weighted by atomic mass is 79.9. The summed E-state index contributed by atoms with van der Waals surface area (Å²) in [6, 6.07) is 30.5. The molecule has 0 bridgehead atoms. The summed E-state index contributed by atoms with van der Waals surface area (Å²) in [5.74, 6) is 0. The van der Waals surface area contributed by atoms with Crippen molar-refractivity contribution in [2.75, 3.05) is 0 Å². The van der Waals surface area contributed by atoms with Gasteiger partial charge in [0.1, 0.15) is 0 Å². The molecule has 0 unspecified atom stereocenters. The van der Waals surface area contributed by atoms with E-state index in [1.807, 2.05) is 0 Å². The molecule has 0 heterocycles. The molecule has 0 atom stereocenters. The number of hydrogen-bond acceptors (Lipinski definition) is 0. The van der Waals surface area contributed by atoms with Gasteiger partial charge in [-0.25, -0.2) is 0 Å². The maximum atomic E-state index is 3.64. The third-order valence-corrected chi connectivity index (χ3v) is 7.01. The quantitative estimate of drug-likeness (QED) is 0.385. The van der Waals surface area contributed by atoms with Gasteiger partial charge in [-0.15, -0.1) is 0 Å². The van der Waals surface area contributed by atoms with Gasteiger partial charge in [-0.05, 0) is 10.8 Å². The van der Waals surface area contributed by atoms with Gasteiger partial charge in [-0.1, -0.05) is 111 Å². The lowest BCUT2D eigenvalue weighted by atomic mass is 10.2.